The summed E-state index contributed by atoms with van der Waals surface area (Å²) in [5.74, 6) is -9.37. The predicted octanol–water partition coefficient (Wildman–Crippen LogP) is 4.42. The number of nitrogens with two attached hydrogens (primary N) is 1. The highest BCUT2D eigenvalue weighted by Crippen LogP contribution is 2.46. The van der Waals surface area contributed by atoms with Crippen LogP contribution in [0.2, 0.25) is 0 Å². The molecule has 1 heterocycles. The molecule has 2 aromatic rings. The smallest absolute Gasteiger partial charge is 0.389 e. The first-order chi connectivity index (χ1) is 19.3. The molecule has 0 radical (unpaired) electrons. The fourth-order valence-electron chi connectivity index (χ4n) is 5.27. The van der Waals surface area contributed by atoms with Crippen molar-refractivity contribution in [2.24, 2.45) is 28.5 Å². The standard InChI is InChI=1S/C28H29F5N4O4/c1-41-20-9-5-8-18-21(16-6-3-2-4-7-16)35-24(26(40)36-22(18)20)37-25(39)17(10-11-28(31,32)33)19(23(34)38)12-15-13-27(29,30)14-15/h2-9,15,17,19,24H,10-14H2,1H3,(H2,34,38)(H,36,40)(H,37,39). The van der Waals surface area contributed by atoms with Crippen LogP contribution in [0.1, 0.15) is 43.2 Å². The Morgan fingerprint density at radius 3 is 2.39 bits per heavy atom. The quantitative estimate of drug-likeness (QED) is 0.360. The summed E-state index contributed by atoms with van der Waals surface area (Å²) < 4.78 is 71.8. The molecule has 2 aliphatic rings. The van der Waals surface area contributed by atoms with E-state index >= 15 is 0 Å². The van der Waals surface area contributed by atoms with Gasteiger partial charge in [0.2, 0.25) is 23.9 Å². The van der Waals surface area contributed by atoms with E-state index in [9.17, 15) is 36.3 Å². The number of carbonyl (C=O) groups is 3. The van der Waals surface area contributed by atoms with Gasteiger partial charge in [0.1, 0.15) is 5.75 Å². The van der Waals surface area contributed by atoms with Gasteiger partial charge in [0.15, 0.2) is 0 Å². The van der Waals surface area contributed by atoms with Gasteiger partial charge >= 0.3 is 6.18 Å². The van der Waals surface area contributed by atoms with Crippen molar-refractivity contribution in [3.05, 3.63) is 59.7 Å². The van der Waals surface area contributed by atoms with Gasteiger partial charge in [0.25, 0.3) is 5.91 Å². The number of primary amides is 1. The van der Waals surface area contributed by atoms with Gasteiger partial charge in [-0.25, -0.2) is 13.8 Å². The number of anilines is 1. The molecular formula is C28H29F5N4O4. The summed E-state index contributed by atoms with van der Waals surface area (Å²) in [7, 11) is 1.40. The molecule has 1 saturated carbocycles. The molecule has 3 atom stereocenters. The van der Waals surface area contributed by atoms with Crippen molar-refractivity contribution in [3.8, 4) is 5.75 Å². The first-order valence-corrected chi connectivity index (χ1v) is 12.9. The number of benzodiazepines with no additional fused rings is 1. The zero-order valence-corrected chi connectivity index (χ0v) is 22.0. The van der Waals surface area contributed by atoms with E-state index in [0.29, 0.717) is 16.9 Å². The number of carbonyl (C=O) groups excluding carboxylic acids is 3. The molecule has 220 valence electrons. The molecule has 4 N–H and O–H groups in total. The second-order valence-electron chi connectivity index (χ2n) is 10.3. The van der Waals surface area contributed by atoms with Crippen LogP contribution in [0, 0.1) is 17.8 Å². The van der Waals surface area contributed by atoms with E-state index in [1.165, 1.54) is 7.11 Å². The highest BCUT2D eigenvalue weighted by atomic mass is 19.4. The monoisotopic (exact) mass is 580 g/mol. The van der Waals surface area contributed by atoms with Gasteiger partial charge in [-0.1, -0.05) is 42.5 Å². The summed E-state index contributed by atoms with van der Waals surface area (Å²) in [5, 5.41) is 5.03. The number of hydrogen-bond acceptors (Lipinski definition) is 5. The zero-order valence-electron chi connectivity index (χ0n) is 22.0. The minimum absolute atomic E-state index is 0.272. The van der Waals surface area contributed by atoms with E-state index in [-0.39, 0.29) is 17.8 Å². The SMILES string of the molecule is COc1cccc2c1NC(=O)C(NC(=O)C(CCC(F)(F)F)C(CC1CC(F)(F)C1)C(N)=O)N=C2c1ccccc1. The highest BCUT2D eigenvalue weighted by molar-refractivity contribution is 6.20. The van der Waals surface area contributed by atoms with E-state index in [1.807, 2.05) is 0 Å². The molecule has 0 saturated heterocycles. The number of nitrogens with zero attached hydrogens (tertiary/aromatic N) is 1. The van der Waals surface area contributed by atoms with Crippen molar-refractivity contribution < 1.29 is 41.1 Å². The number of amides is 3. The van der Waals surface area contributed by atoms with Crippen molar-refractivity contribution >= 4 is 29.1 Å². The Hall–Kier alpha value is -4.03. The van der Waals surface area contributed by atoms with E-state index in [2.05, 4.69) is 15.6 Å². The number of benzene rings is 2. The molecule has 4 rings (SSSR count). The Bertz CT molecular complexity index is 1320. The lowest BCUT2D eigenvalue weighted by atomic mass is 9.72. The highest BCUT2D eigenvalue weighted by Gasteiger charge is 2.48. The summed E-state index contributed by atoms with van der Waals surface area (Å²) in [6, 6.07) is 13.6. The number of alkyl halides is 5. The van der Waals surface area contributed by atoms with E-state index < -0.39 is 79.4 Å². The number of ether oxygens (including phenoxy) is 1. The van der Waals surface area contributed by atoms with Crippen molar-refractivity contribution in [1.82, 2.24) is 5.32 Å². The van der Waals surface area contributed by atoms with Gasteiger partial charge in [-0.3, -0.25) is 14.4 Å². The number of nitrogens with one attached hydrogen (secondary N) is 2. The van der Waals surface area contributed by atoms with Gasteiger partial charge in [0.05, 0.1) is 18.5 Å². The number of para-hydroxylation sites is 1. The minimum atomic E-state index is -4.67. The average Bonchev–Trinajstić information content (AvgIpc) is 3.02. The predicted molar refractivity (Wildman–Crippen MR) is 139 cm³/mol. The van der Waals surface area contributed by atoms with Gasteiger partial charge in [-0.05, 0) is 24.8 Å². The molecule has 3 amide bonds. The average molecular weight is 581 g/mol. The third-order valence-electron chi connectivity index (χ3n) is 7.27. The third kappa shape index (κ3) is 7.19. The van der Waals surface area contributed by atoms with E-state index in [0.717, 1.165) is 0 Å². The molecule has 1 fully saturated rings. The van der Waals surface area contributed by atoms with Crippen LogP contribution >= 0.6 is 0 Å². The molecular weight excluding hydrogens is 551 g/mol. The molecule has 0 bridgehead atoms. The number of hydrogen-bond donors (Lipinski definition) is 3. The maximum Gasteiger partial charge on any atom is 0.389 e. The third-order valence-corrected chi connectivity index (χ3v) is 7.27. The number of fused-ring (bicyclic) bond motifs is 1. The molecule has 1 aliphatic heterocycles. The summed E-state index contributed by atoms with van der Waals surface area (Å²) in [6.07, 6.45) is -9.91. The minimum Gasteiger partial charge on any atom is -0.495 e. The van der Waals surface area contributed by atoms with E-state index in [1.54, 1.807) is 48.5 Å². The molecule has 13 heteroatoms. The van der Waals surface area contributed by atoms with Crippen LogP contribution in [-0.2, 0) is 14.4 Å². The molecule has 41 heavy (non-hydrogen) atoms. The second kappa shape index (κ2) is 11.8. The molecule has 1 aliphatic carbocycles. The lowest BCUT2D eigenvalue weighted by molar-refractivity contribution is -0.149. The topological polar surface area (TPSA) is 123 Å². The van der Waals surface area contributed by atoms with Crippen molar-refractivity contribution in [1.29, 1.82) is 0 Å². The Morgan fingerprint density at radius 1 is 1.12 bits per heavy atom. The fourth-order valence-corrected chi connectivity index (χ4v) is 5.27. The number of methoxy groups -OCH3 is 1. The van der Waals surface area contributed by atoms with Gasteiger partial charge in [0, 0.05) is 42.2 Å². The number of aliphatic imine (C=N–C) groups is 1. The van der Waals surface area contributed by atoms with Crippen LogP contribution in [0.25, 0.3) is 0 Å². The molecule has 3 unspecified atom stereocenters. The van der Waals surface area contributed by atoms with Crippen LogP contribution < -0.4 is 21.1 Å². The van der Waals surface area contributed by atoms with Crippen LogP contribution in [0.5, 0.6) is 5.75 Å². The largest absolute Gasteiger partial charge is 0.495 e. The Balaban J connectivity index is 1.67. The van der Waals surface area contributed by atoms with Crippen LogP contribution in [0.15, 0.2) is 53.5 Å². The summed E-state index contributed by atoms with van der Waals surface area (Å²) in [6.45, 7) is 0. The number of halogens is 5. The molecule has 8 nitrogen and oxygen atoms in total. The number of rotatable bonds is 10. The van der Waals surface area contributed by atoms with Crippen LogP contribution in [0.4, 0.5) is 27.6 Å². The second-order valence-corrected chi connectivity index (χ2v) is 10.3. The van der Waals surface area contributed by atoms with E-state index in [4.69, 9.17) is 10.5 Å². The van der Waals surface area contributed by atoms with Crippen LogP contribution in [0.3, 0.4) is 0 Å². The fraction of sp³-hybridized carbons (Fsp3) is 0.429. The molecule has 0 spiro atoms. The lowest BCUT2D eigenvalue weighted by Crippen LogP contribution is -2.49. The van der Waals surface area contributed by atoms with Gasteiger partial charge < -0.3 is 21.1 Å². The lowest BCUT2D eigenvalue weighted by Gasteiger charge is -2.38. The normalized spacial score (nSPS) is 19.9. The first-order valence-electron chi connectivity index (χ1n) is 12.9. The Kier molecular flexibility index (Phi) is 8.64. The zero-order chi connectivity index (χ0) is 29.9. The molecule has 2 aromatic carbocycles. The Morgan fingerprint density at radius 2 is 1.80 bits per heavy atom. The van der Waals surface area contributed by atoms with Crippen molar-refractivity contribution in [2.45, 2.75) is 50.4 Å². The van der Waals surface area contributed by atoms with Gasteiger partial charge in [-0.15, -0.1) is 0 Å². The van der Waals surface area contributed by atoms with Crippen molar-refractivity contribution in [3.63, 3.8) is 0 Å². The summed E-state index contributed by atoms with van der Waals surface area (Å²) in [4.78, 5) is 43.5. The van der Waals surface area contributed by atoms with Crippen LogP contribution in [-0.4, -0.2) is 48.8 Å². The Labute approximate surface area is 232 Å². The maximum atomic E-state index is 13.5. The summed E-state index contributed by atoms with van der Waals surface area (Å²) >= 11 is 0. The summed E-state index contributed by atoms with van der Waals surface area (Å²) in [5.41, 5.74) is 7.08. The van der Waals surface area contributed by atoms with Crippen molar-refractivity contribution in [2.75, 3.05) is 12.4 Å². The van der Waals surface area contributed by atoms with Gasteiger partial charge in [-0.2, -0.15) is 13.2 Å². The maximum absolute atomic E-state index is 13.5. The first kappa shape index (κ1) is 29.9. The molecule has 0 aromatic heterocycles.